The SMILES string of the molecule is CNC(C(=O)NCCc1csc(N2CCCC2)n1)c1cnn(C)c1. The van der Waals surface area contributed by atoms with Crippen molar-refractivity contribution in [2.24, 2.45) is 7.05 Å². The predicted octanol–water partition coefficient (Wildman–Crippen LogP) is 1.10. The lowest BCUT2D eigenvalue weighted by molar-refractivity contribution is -0.123. The van der Waals surface area contributed by atoms with E-state index in [2.05, 4.69) is 31.0 Å². The molecule has 1 amide bonds. The third-order valence-electron chi connectivity index (χ3n) is 4.21. The zero-order valence-corrected chi connectivity index (χ0v) is 15.0. The van der Waals surface area contributed by atoms with Crippen LogP contribution in [0.25, 0.3) is 0 Å². The molecule has 1 unspecified atom stereocenters. The second kappa shape index (κ2) is 7.76. The first-order chi connectivity index (χ1) is 11.7. The van der Waals surface area contributed by atoms with Crippen molar-refractivity contribution in [1.29, 1.82) is 0 Å². The monoisotopic (exact) mass is 348 g/mol. The predicted molar refractivity (Wildman–Crippen MR) is 95.3 cm³/mol. The maximum Gasteiger partial charge on any atom is 0.241 e. The second-order valence-electron chi connectivity index (χ2n) is 6.03. The molecule has 130 valence electrons. The number of nitrogens with one attached hydrogen (secondary N) is 2. The molecule has 1 saturated heterocycles. The normalized spacial score (nSPS) is 15.7. The van der Waals surface area contributed by atoms with Crippen molar-refractivity contribution in [3.05, 3.63) is 29.0 Å². The van der Waals surface area contributed by atoms with Crippen molar-refractivity contribution in [3.8, 4) is 0 Å². The summed E-state index contributed by atoms with van der Waals surface area (Å²) in [6.45, 7) is 2.80. The molecule has 1 atom stereocenters. The van der Waals surface area contributed by atoms with Crippen LogP contribution in [0.15, 0.2) is 17.8 Å². The Hall–Kier alpha value is -1.93. The Labute approximate surface area is 146 Å². The Kier molecular flexibility index (Phi) is 5.47. The fourth-order valence-electron chi connectivity index (χ4n) is 2.92. The van der Waals surface area contributed by atoms with Crippen LogP contribution in [0.1, 0.15) is 30.1 Å². The molecule has 3 rings (SSSR count). The number of hydrogen-bond acceptors (Lipinski definition) is 6. The number of carbonyl (C=O) groups is 1. The van der Waals surface area contributed by atoms with Crippen LogP contribution in [-0.4, -0.2) is 47.4 Å². The first kappa shape index (κ1) is 16.9. The van der Waals surface area contributed by atoms with Crippen LogP contribution in [0.4, 0.5) is 5.13 Å². The summed E-state index contributed by atoms with van der Waals surface area (Å²) in [6, 6.07) is -0.380. The summed E-state index contributed by atoms with van der Waals surface area (Å²) in [5.74, 6) is -0.0412. The van der Waals surface area contributed by atoms with Crippen molar-refractivity contribution in [3.63, 3.8) is 0 Å². The number of carbonyl (C=O) groups excluding carboxylic acids is 1. The Morgan fingerprint density at radius 2 is 2.21 bits per heavy atom. The Balaban J connectivity index is 1.49. The fraction of sp³-hybridized carbons (Fsp3) is 0.562. The topological polar surface area (TPSA) is 75.1 Å². The number of nitrogens with zero attached hydrogens (tertiary/aromatic N) is 4. The van der Waals surface area contributed by atoms with E-state index in [0.717, 1.165) is 35.9 Å². The molecule has 3 heterocycles. The number of aryl methyl sites for hydroxylation is 1. The van der Waals surface area contributed by atoms with Gasteiger partial charge in [0.1, 0.15) is 6.04 Å². The van der Waals surface area contributed by atoms with Crippen molar-refractivity contribution in [2.45, 2.75) is 25.3 Å². The van der Waals surface area contributed by atoms with Crippen LogP contribution in [0.2, 0.25) is 0 Å². The molecule has 2 aromatic heterocycles. The van der Waals surface area contributed by atoms with Gasteiger partial charge in [-0.2, -0.15) is 5.10 Å². The number of anilines is 1. The van der Waals surface area contributed by atoms with Gasteiger partial charge in [0, 0.05) is 50.2 Å². The number of thiazole rings is 1. The van der Waals surface area contributed by atoms with Crippen LogP contribution in [0.3, 0.4) is 0 Å². The van der Waals surface area contributed by atoms with Gasteiger partial charge in [0.05, 0.1) is 11.9 Å². The van der Waals surface area contributed by atoms with Crippen molar-refractivity contribution in [1.82, 2.24) is 25.4 Å². The molecule has 1 aliphatic heterocycles. The largest absolute Gasteiger partial charge is 0.354 e. The molecule has 0 saturated carbocycles. The van der Waals surface area contributed by atoms with E-state index in [0.29, 0.717) is 6.54 Å². The van der Waals surface area contributed by atoms with E-state index in [9.17, 15) is 4.79 Å². The molecule has 1 fully saturated rings. The lowest BCUT2D eigenvalue weighted by Crippen LogP contribution is -2.36. The molecule has 24 heavy (non-hydrogen) atoms. The maximum absolute atomic E-state index is 12.4. The van der Waals surface area contributed by atoms with Gasteiger partial charge < -0.3 is 15.5 Å². The molecule has 7 nitrogen and oxygen atoms in total. The van der Waals surface area contributed by atoms with Gasteiger partial charge in [0.15, 0.2) is 5.13 Å². The zero-order valence-electron chi connectivity index (χ0n) is 14.2. The molecule has 0 spiro atoms. The van der Waals surface area contributed by atoms with Crippen molar-refractivity contribution < 1.29 is 4.79 Å². The molecule has 0 bridgehead atoms. The lowest BCUT2D eigenvalue weighted by Gasteiger charge is -2.14. The van der Waals surface area contributed by atoms with E-state index in [1.54, 1.807) is 29.3 Å². The van der Waals surface area contributed by atoms with Crippen LogP contribution in [-0.2, 0) is 18.3 Å². The smallest absolute Gasteiger partial charge is 0.241 e. The Morgan fingerprint density at radius 1 is 1.42 bits per heavy atom. The molecule has 0 aliphatic carbocycles. The molecule has 0 radical (unpaired) electrons. The standard InChI is InChI=1S/C16H24N6OS/c1-17-14(12-9-19-21(2)10-12)15(23)18-6-5-13-11-24-16(20-13)22-7-3-4-8-22/h9-11,14,17H,3-8H2,1-2H3,(H,18,23). The first-order valence-corrected chi connectivity index (χ1v) is 9.18. The van der Waals surface area contributed by atoms with Gasteiger partial charge in [0.25, 0.3) is 0 Å². The number of rotatable bonds is 7. The van der Waals surface area contributed by atoms with Crippen LogP contribution < -0.4 is 15.5 Å². The van der Waals surface area contributed by atoms with Gasteiger partial charge in [-0.3, -0.25) is 9.48 Å². The molecule has 8 heteroatoms. The summed E-state index contributed by atoms with van der Waals surface area (Å²) >= 11 is 1.69. The molecular formula is C16H24N6OS. The van der Waals surface area contributed by atoms with E-state index in [4.69, 9.17) is 0 Å². The highest BCUT2D eigenvalue weighted by atomic mass is 32.1. The van der Waals surface area contributed by atoms with Crippen LogP contribution >= 0.6 is 11.3 Å². The quantitative estimate of drug-likeness (QED) is 0.784. The number of likely N-dealkylation sites (N-methyl/N-ethyl adjacent to an activating group) is 1. The minimum atomic E-state index is -0.380. The summed E-state index contributed by atoms with van der Waals surface area (Å²) in [5, 5.41) is 13.3. The number of hydrogen-bond donors (Lipinski definition) is 2. The molecule has 2 aromatic rings. The van der Waals surface area contributed by atoms with Gasteiger partial charge in [-0.05, 0) is 19.9 Å². The van der Waals surface area contributed by atoms with Gasteiger partial charge in [0.2, 0.25) is 5.91 Å². The van der Waals surface area contributed by atoms with Crippen LogP contribution in [0, 0.1) is 0 Å². The first-order valence-electron chi connectivity index (χ1n) is 8.30. The minimum absolute atomic E-state index is 0.0412. The third-order valence-corrected chi connectivity index (χ3v) is 5.16. The summed E-state index contributed by atoms with van der Waals surface area (Å²) < 4.78 is 1.70. The number of aromatic nitrogens is 3. The Bertz CT molecular complexity index is 676. The average molecular weight is 348 g/mol. The fourth-order valence-corrected chi connectivity index (χ4v) is 3.83. The van der Waals surface area contributed by atoms with E-state index < -0.39 is 0 Å². The van der Waals surface area contributed by atoms with Gasteiger partial charge in [-0.25, -0.2) is 4.98 Å². The summed E-state index contributed by atoms with van der Waals surface area (Å²) in [4.78, 5) is 19.4. The minimum Gasteiger partial charge on any atom is -0.354 e. The highest BCUT2D eigenvalue weighted by Crippen LogP contribution is 2.24. The summed E-state index contributed by atoms with van der Waals surface area (Å²) in [6.07, 6.45) is 6.82. The zero-order chi connectivity index (χ0) is 16.9. The molecular weight excluding hydrogens is 324 g/mol. The van der Waals surface area contributed by atoms with Crippen molar-refractivity contribution >= 4 is 22.4 Å². The number of amides is 1. The van der Waals surface area contributed by atoms with E-state index >= 15 is 0 Å². The lowest BCUT2D eigenvalue weighted by atomic mass is 10.1. The van der Waals surface area contributed by atoms with Crippen molar-refractivity contribution in [2.75, 3.05) is 31.6 Å². The molecule has 2 N–H and O–H groups in total. The van der Waals surface area contributed by atoms with E-state index in [1.165, 1.54) is 12.8 Å². The Morgan fingerprint density at radius 3 is 2.88 bits per heavy atom. The van der Waals surface area contributed by atoms with Crippen LogP contribution in [0.5, 0.6) is 0 Å². The summed E-state index contributed by atoms with van der Waals surface area (Å²) in [7, 11) is 3.62. The molecule has 0 aromatic carbocycles. The highest BCUT2D eigenvalue weighted by Gasteiger charge is 2.20. The third kappa shape index (κ3) is 3.93. The van der Waals surface area contributed by atoms with Gasteiger partial charge >= 0.3 is 0 Å². The highest BCUT2D eigenvalue weighted by molar-refractivity contribution is 7.13. The second-order valence-corrected chi connectivity index (χ2v) is 6.86. The van der Waals surface area contributed by atoms with E-state index in [1.807, 2.05) is 13.2 Å². The summed E-state index contributed by atoms with van der Waals surface area (Å²) in [5.41, 5.74) is 1.91. The van der Waals surface area contributed by atoms with Gasteiger partial charge in [-0.1, -0.05) is 0 Å². The molecule has 1 aliphatic rings. The van der Waals surface area contributed by atoms with E-state index in [-0.39, 0.29) is 11.9 Å². The maximum atomic E-state index is 12.4. The average Bonchev–Trinajstić information content (AvgIpc) is 3.29. The van der Waals surface area contributed by atoms with Gasteiger partial charge in [-0.15, -0.1) is 11.3 Å².